The van der Waals surface area contributed by atoms with Gasteiger partial charge in [-0.1, -0.05) is 0 Å². The average molecular weight is 354 g/mol. The number of nitrogens with zero attached hydrogens (tertiary/aromatic N) is 1. The smallest absolute Gasteiger partial charge is 0.251 e. The molecule has 2 aromatic carbocycles. The van der Waals surface area contributed by atoms with Crippen molar-refractivity contribution in [1.29, 1.82) is 0 Å². The number of carbonyl (C=O) groups excluding carboxylic acids is 1. The zero-order chi connectivity index (χ0) is 18.1. The maximum atomic E-state index is 12.9. The third-order valence-electron chi connectivity index (χ3n) is 5.54. The monoisotopic (exact) mass is 354 g/mol. The van der Waals surface area contributed by atoms with Gasteiger partial charge in [0.1, 0.15) is 17.3 Å². The Hall–Kier alpha value is -2.40. The molecule has 0 spiro atoms. The largest absolute Gasteiger partial charge is 0.457 e. The van der Waals surface area contributed by atoms with E-state index >= 15 is 0 Å². The number of hydrogen-bond acceptors (Lipinski definition) is 3. The normalized spacial score (nSPS) is 27.2. The Morgan fingerprint density at radius 1 is 1.12 bits per heavy atom. The Labute approximate surface area is 153 Å². The van der Waals surface area contributed by atoms with Crippen LogP contribution in [0.1, 0.15) is 30.1 Å². The molecule has 0 radical (unpaired) electrons. The van der Waals surface area contributed by atoms with Crippen molar-refractivity contribution < 1.29 is 13.9 Å². The number of piperidine rings is 3. The van der Waals surface area contributed by atoms with Crippen LogP contribution in [0.25, 0.3) is 0 Å². The summed E-state index contributed by atoms with van der Waals surface area (Å²) in [5.74, 6) is 1.42. The lowest BCUT2D eigenvalue weighted by Crippen LogP contribution is -2.60. The molecule has 3 fully saturated rings. The van der Waals surface area contributed by atoms with Crippen LogP contribution in [0.15, 0.2) is 48.5 Å². The SMILES string of the molecule is CC1CC2CCN1CC2NC(=O)c1ccc(Oc2ccc(F)cc2)cc1. The van der Waals surface area contributed by atoms with E-state index in [-0.39, 0.29) is 17.8 Å². The summed E-state index contributed by atoms with van der Waals surface area (Å²) < 4.78 is 18.6. The first kappa shape index (κ1) is 17.0. The molecular formula is C21H23FN2O2. The van der Waals surface area contributed by atoms with E-state index < -0.39 is 0 Å². The summed E-state index contributed by atoms with van der Waals surface area (Å²) in [5.41, 5.74) is 0.626. The van der Waals surface area contributed by atoms with Gasteiger partial charge < -0.3 is 10.1 Å². The molecule has 3 saturated heterocycles. The van der Waals surface area contributed by atoms with E-state index in [0.717, 1.165) is 19.5 Å². The lowest BCUT2D eigenvalue weighted by Gasteiger charge is -2.48. The molecule has 0 saturated carbocycles. The summed E-state index contributed by atoms with van der Waals surface area (Å²) >= 11 is 0. The zero-order valence-corrected chi connectivity index (χ0v) is 14.8. The number of amides is 1. The van der Waals surface area contributed by atoms with Gasteiger partial charge in [-0.2, -0.15) is 0 Å². The zero-order valence-electron chi connectivity index (χ0n) is 14.8. The highest BCUT2D eigenvalue weighted by atomic mass is 19.1. The number of nitrogens with one attached hydrogen (secondary N) is 1. The summed E-state index contributed by atoms with van der Waals surface area (Å²) in [6.45, 7) is 4.36. The lowest BCUT2D eigenvalue weighted by molar-refractivity contribution is 0.0274. The van der Waals surface area contributed by atoms with Crippen molar-refractivity contribution in [2.45, 2.75) is 31.8 Å². The van der Waals surface area contributed by atoms with E-state index in [4.69, 9.17) is 4.74 Å². The van der Waals surface area contributed by atoms with E-state index in [1.54, 1.807) is 36.4 Å². The van der Waals surface area contributed by atoms with Crippen molar-refractivity contribution in [1.82, 2.24) is 10.2 Å². The number of rotatable bonds is 4. The number of benzene rings is 2. The molecule has 136 valence electrons. The van der Waals surface area contributed by atoms with Gasteiger partial charge in [0, 0.05) is 24.2 Å². The Morgan fingerprint density at radius 2 is 1.77 bits per heavy atom. The highest BCUT2D eigenvalue weighted by Gasteiger charge is 2.38. The van der Waals surface area contributed by atoms with Crippen LogP contribution in [0.5, 0.6) is 11.5 Å². The fraction of sp³-hybridized carbons (Fsp3) is 0.381. The van der Waals surface area contributed by atoms with E-state index in [2.05, 4.69) is 17.1 Å². The third-order valence-corrected chi connectivity index (χ3v) is 5.54. The molecule has 3 aliphatic heterocycles. The Kier molecular flexibility index (Phi) is 4.64. The van der Waals surface area contributed by atoms with Crippen LogP contribution < -0.4 is 10.1 Å². The maximum Gasteiger partial charge on any atom is 0.251 e. The molecular weight excluding hydrogens is 331 g/mol. The minimum atomic E-state index is -0.300. The number of carbonyl (C=O) groups is 1. The van der Waals surface area contributed by atoms with E-state index in [1.807, 2.05) is 0 Å². The van der Waals surface area contributed by atoms with Gasteiger partial charge in [0.25, 0.3) is 5.91 Å². The van der Waals surface area contributed by atoms with E-state index in [9.17, 15) is 9.18 Å². The van der Waals surface area contributed by atoms with Gasteiger partial charge in [-0.25, -0.2) is 4.39 Å². The first-order chi connectivity index (χ1) is 12.6. The molecule has 1 N–H and O–H groups in total. The predicted octanol–water partition coefficient (Wildman–Crippen LogP) is 3.83. The summed E-state index contributed by atoms with van der Waals surface area (Å²) in [6.07, 6.45) is 2.33. The van der Waals surface area contributed by atoms with Crippen LogP contribution in [0, 0.1) is 11.7 Å². The topological polar surface area (TPSA) is 41.6 Å². The fourth-order valence-electron chi connectivity index (χ4n) is 4.02. The van der Waals surface area contributed by atoms with Crippen molar-refractivity contribution in [3.8, 4) is 11.5 Å². The molecule has 5 heteroatoms. The van der Waals surface area contributed by atoms with Crippen molar-refractivity contribution in [3.63, 3.8) is 0 Å². The quantitative estimate of drug-likeness (QED) is 0.907. The lowest BCUT2D eigenvalue weighted by atomic mass is 9.80. The van der Waals surface area contributed by atoms with Crippen LogP contribution in [0.2, 0.25) is 0 Å². The third kappa shape index (κ3) is 3.58. The Morgan fingerprint density at radius 3 is 2.35 bits per heavy atom. The molecule has 4 unspecified atom stereocenters. The molecule has 3 aliphatic rings. The molecule has 26 heavy (non-hydrogen) atoms. The van der Waals surface area contributed by atoms with Gasteiger partial charge in [-0.3, -0.25) is 9.69 Å². The van der Waals surface area contributed by atoms with Gasteiger partial charge in [-0.05, 0) is 80.8 Å². The predicted molar refractivity (Wildman–Crippen MR) is 97.9 cm³/mol. The number of halogens is 1. The van der Waals surface area contributed by atoms with Gasteiger partial charge in [0.2, 0.25) is 0 Å². The number of fused-ring (bicyclic) bond motifs is 3. The minimum Gasteiger partial charge on any atom is -0.457 e. The summed E-state index contributed by atoms with van der Waals surface area (Å²) in [7, 11) is 0. The molecule has 0 aliphatic carbocycles. The van der Waals surface area contributed by atoms with Crippen LogP contribution >= 0.6 is 0 Å². The van der Waals surface area contributed by atoms with Crippen molar-refractivity contribution in [2.24, 2.45) is 5.92 Å². The fourth-order valence-corrected chi connectivity index (χ4v) is 4.02. The van der Waals surface area contributed by atoms with E-state index in [1.165, 1.54) is 18.6 Å². The molecule has 4 nitrogen and oxygen atoms in total. The maximum absolute atomic E-state index is 12.9. The van der Waals surface area contributed by atoms with Crippen molar-refractivity contribution in [3.05, 3.63) is 59.9 Å². The number of hydrogen-bond donors (Lipinski definition) is 1. The molecule has 1 amide bonds. The van der Waals surface area contributed by atoms with Crippen molar-refractivity contribution >= 4 is 5.91 Å². The van der Waals surface area contributed by atoms with Crippen LogP contribution in [-0.4, -0.2) is 36.0 Å². The van der Waals surface area contributed by atoms with Gasteiger partial charge in [0.05, 0.1) is 0 Å². The Bertz CT molecular complexity index is 776. The van der Waals surface area contributed by atoms with Crippen LogP contribution in [0.3, 0.4) is 0 Å². The highest BCUT2D eigenvalue weighted by molar-refractivity contribution is 5.94. The first-order valence-electron chi connectivity index (χ1n) is 9.17. The van der Waals surface area contributed by atoms with Crippen molar-refractivity contribution in [2.75, 3.05) is 13.1 Å². The summed E-state index contributed by atoms with van der Waals surface area (Å²) in [6, 6.07) is 13.8. The van der Waals surface area contributed by atoms with Crippen LogP contribution in [0.4, 0.5) is 4.39 Å². The average Bonchev–Trinajstić information content (AvgIpc) is 2.65. The molecule has 0 aromatic heterocycles. The van der Waals surface area contributed by atoms with Gasteiger partial charge >= 0.3 is 0 Å². The van der Waals surface area contributed by atoms with E-state index in [0.29, 0.717) is 29.0 Å². The Balaban J connectivity index is 1.37. The summed E-state index contributed by atoms with van der Waals surface area (Å²) in [5, 5.41) is 3.20. The molecule has 2 bridgehead atoms. The second-order valence-corrected chi connectivity index (χ2v) is 7.29. The first-order valence-corrected chi connectivity index (χ1v) is 9.17. The highest BCUT2D eigenvalue weighted by Crippen LogP contribution is 2.32. The van der Waals surface area contributed by atoms with Gasteiger partial charge in [0.15, 0.2) is 0 Å². The molecule has 2 aromatic rings. The molecule has 4 atom stereocenters. The second kappa shape index (κ2) is 7.08. The van der Waals surface area contributed by atoms with Crippen LogP contribution in [-0.2, 0) is 0 Å². The number of ether oxygens (including phenoxy) is 1. The second-order valence-electron chi connectivity index (χ2n) is 7.29. The standard InChI is InChI=1S/C21H23FN2O2/c1-14-12-16-10-11-24(14)13-20(16)23-21(25)15-2-6-18(7-3-15)26-19-8-4-17(22)5-9-19/h2-9,14,16,20H,10-13H2,1H3,(H,23,25). The minimum absolute atomic E-state index is 0.0373. The molecule has 3 heterocycles. The van der Waals surface area contributed by atoms with Gasteiger partial charge in [-0.15, -0.1) is 0 Å². The summed E-state index contributed by atoms with van der Waals surface area (Å²) in [4.78, 5) is 15.0. The molecule has 5 rings (SSSR count).